The van der Waals surface area contributed by atoms with Gasteiger partial charge in [0.05, 0.1) is 16.9 Å². The molecule has 35 heavy (non-hydrogen) atoms. The average molecular weight is 459 g/mol. The molecule has 0 bridgehead atoms. The van der Waals surface area contributed by atoms with Crippen molar-refractivity contribution in [3.05, 3.63) is 144 Å². The maximum absolute atomic E-state index is 13.8. The van der Waals surface area contributed by atoms with Crippen molar-refractivity contribution < 1.29 is 14.3 Å². The zero-order chi connectivity index (χ0) is 24.0. The average Bonchev–Trinajstić information content (AvgIpc) is 3.34. The summed E-state index contributed by atoms with van der Waals surface area (Å²) in [4.78, 5) is 27.2. The van der Waals surface area contributed by atoms with E-state index in [0.717, 1.165) is 16.8 Å². The number of hydrogen-bond acceptors (Lipinski definition) is 4. The van der Waals surface area contributed by atoms with Crippen molar-refractivity contribution >= 4 is 11.8 Å². The van der Waals surface area contributed by atoms with E-state index < -0.39 is 5.97 Å². The van der Waals surface area contributed by atoms with Gasteiger partial charge < -0.3 is 4.74 Å². The Labute approximate surface area is 203 Å². The third-order valence-electron chi connectivity index (χ3n) is 5.60. The summed E-state index contributed by atoms with van der Waals surface area (Å²) in [7, 11) is 0. The van der Waals surface area contributed by atoms with Crippen LogP contribution in [0.4, 0.5) is 0 Å². The first-order valence-electron chi connectivity index (χ1n) is 11.3. The molecule has 5 nitrogen and oxygen atoms in total. The van der Waals surface area contributed by atoms with Crippen LogP contribution in [-0.2, 0) is 11.3 Å². The van der Waals surface area contributed by atoms with Gasteiger partial charge in [-0.25, -0.2) is 9.48 Å². The highest BCUT2D eigenvalue weighted by Gasteiger charge is 2.31. The lowest BCUT2D eigenvalue weighted by molar-refractivity contribution is 0.0462. The molecular weight excluding hydrogens is 436 g/mol. The van der Waals surface area contributed by atoms with Crippen molar-refractivity contribution in [3.8, 4) is 16.9 Å². The lowest BCUT2D eigenvalue weighted by Gasteiger charge is -2.10. The number of benzene rings is 4. The number of hydrogen-bond donors (Lipinski definition) is 0. The Kier molecular flexibility index (Phi) is 6.31. The number of aromatic nitrogens is 2. The summed E-state index contributed by atoms with van der Waals surface area (Å²) < 4.78 is 7.26. The number of para-hydroxylation sites is 1. The van der Waals surface area contributed by atoms with E-state index in [1.807, 2.05) is 97.1 Å². The number of esters is 1. The highest BCUT2D eigenvalue weighted by Crippen LogP contribution is 2.31. The predicted molar refractivity (Wildman–Crippen MR) is 134 cm³/mol. The Hall–Kier alpha value is -4.77. The van der Waals surface area contributed by atoms with Gasteiger partial charge in [0.1, 0.15) is 6.61 Å². The van der Waals surface area contributed by atoms with Gasteiger partial charge in [-0.05, 0) is 17.7 Å². The molecule has 0 amide bonds. The quantitative estimate of drug-likeness (QED) is 0.218. The lowest BCUT2D eigenvalue weighted by Crippen LogP contribution is -2.12. The number of carbonyl (C=O) groups excluding carboxylic acids is 2. The van der Waals surface area contributed by atoms with Gasteiger partial charge >= 0.3 is 5.97 Å². The molecule has 0 atom stereocenters. The van der Waals surface area contributed by atoms with E-state index in [-0.39, 0.29) is 23.6 Å². The molecule has 0 aliphatic carbocycles. The summed E-state index contributed by atoms with van der Waals surface area (Å²) in [5, 5.41) is 4.64. The minimum Gasteiger partial charge on any atom is -0.456 e. The van der Waals surface area contributed by atoms with E-state index in [1.54, 1.807) is 28.9 Å². The van der Waals surface area contributed by atoms with Gasteiger partial charge in [0.25, 0.3) is 0 Å². The van der Waals surface area contributed by atoms with Gasteiger partial charge in [-0.15, -0.1) is 0 Å². The van der Waals surface area contributed by atoms with Gasteiger partial charge in [-0.2, -0.15) is 5.10 Å². The van der Waals surface area contributed by atoms with Gasteiger partial charge in [0.15, 0.2) is 11.5 Å². The molecular formula is C30H22N2O3. The molecule has 5 aromatic rings. The number of ether oxygens (including phenoxy) is 1. The maximum Gasteiger partial charge on any atom is 0.359 e. The molecule has 0 N–H and O–H groups in total. The van der Waals surface area contributed by atoms with Gasteiger partial charge in [-0.3, -0.25) is 4.79 Å². The highest BCUT2D eigenvalue weighted by molar-refractivity contribution is 6.17. The van der Waals surface area contributed by atoms with Gasteiger partial charge in [-0.1, -0.05) is 109 Å². The number of rotatable bonds is 7. The minimum absolute atomic E-state index is 0.0162. The molecule has 5 rings (SSSR count). The van der Waals surface area contributed by atoms with Crippen LogP contribution in [0.1, 0.15) is 32.0 Å². The van der Waals surface area contributed by atoms with E-state index >= 15 is 0 Å². The number of nitrogens with zero attached hydrogens (tertiary/aromatic N) is 2. The Morgan fingerprint density at radius 1 is 0.686 bits per heavy atom. The van der Waals surface area contributed by atoms with E-state index in [9.17, 15) is 9.59 Å². The Bertz CT molecular complexity index is 1450. The van der Waals surface area contributed by atoms with Crippen molar-refractivity contribution in [1.29, 1.82) is 0 Å². The minimum atomic E-state index is -0.653. The monoisotopic (exact) mass is 458 g/mol. The summed E-state index contributed by atoms with van der Waals surface area (Å²) >= 11 is 0. The van der Waals surface area contributed by atoms with Crippen molar-refractivity contribution in [3.63, 3.8) is 0 Å². The summed E-state index contributed by atoms with van der Waals surface area (Å²) in [5.41, 5.74) is 3.55. The second-order valence-corrected chi connectivity index (χ2v) is 7.94. The largest absolute Gasteiger partial charge is 0.456 e. The van der Waals surface area contributed by atoms with Crippen molar-refractivity contribution in [2.45, 2.75) is 6.61 Å². The van der Waals surface area contributed by atoms with Crippen LogP contribution >= 0.6 is 0 Å². The normalized spacial score (nSPS) is 10.6. The van der Waals surface area contributed by atoms with Crippen LogP contribution in [0, 0.1) is 0 Å². The summed E-state index contributed by atoms with van der Waals surface area (Å²) in [6.07, 6.45) is 0. The van der Waals surface area contributed by atoms with Crippen LogP contribution in [0.15, 0.2) is 121 Å². The fourth-order valence-corrected chi connectivity index (χ4v) is 3.92. The van der Waals surface area contributed by atoms with Crippen LogP contribution in [-0.4, -0.2) is 21.5 Å². The molecule has 0 aliphatic rings. The molecule has 5 heteroatoms. The molecule has 0 saturated carbocycles. The van der Waals surface area contributed by atoms with Crippen LogP contribution in [0.25, 0.3) is 16.9 Å². The van der Waals surface area contributed by atoms with Gasteiger partial charge in [0.2, 0.25) is 0 Å². The number of carbonyl (C=O) groups is 2. The van der Waals surface area contributed by atoms with Crippen molar-refractivity contribution in [1.82, 2.24) is 9.78 Å². The van der Waals surface area contributed by atoms with Crippen LogP contribution in [0.5, 0.6) is 0 Å². The second-order valence-electron chi connectivity index (χ2n) is 7.94. The maximum atomic E-state index is 13.8. The van der Waals surface area contributed by atoms with Crippen LogP contribution < -0.4 is 0 Å². The molecule has 1 aromatic heterocycles. The molecule has 1 heterocycles. The second kappa shape index (κ2) is 10.0. The van der Waals surface area contributed by atoms with E-state index in [1.165, 1.54) is 0 Å². The predicted octanol–water partition coefficient (Wildman–Crippen LogP) is 6.13. The Balaban J connectivity index is 1.68. The first-order valence-corrected chi connectivity index (χ1v) is 11.3. The molecule has 0 saturated heterocycles. The SMILES string of the molecule is O=C(OCc1ccccc1)c1nn(-c2ccccc2)c(-c2ccccc2)c1C(=O)c1ccccc1. The fourth-order valence-electron chi connectivity index (χ4n) is 3.92. The first-order chi connectivity index (χ1) is 17.2. The van der Waals surface area contributed by atoms with Crippen LogP contribution in [0.3, 0.4) is 0 Å². The third kappa shape index (κ3) is 4.66. The highest BCUT2D eigenvalue weighted by atomic mass is 16.5. The topological polar surface area (TPSA) is 61.2 Å². The smallest absolute Gasteiger partial charge is 0.359 e. The molecule has 0 unspecified atom stereocenters. The first kappa shape index (κ1) is 22.0. The third-order valence-corrected chi connectivity index (χ3v) is 5.60. The van der Waals surface area contributed by atoms with Crippen LogP contribution in [0.2, 0.25) is 0 Å². The fraction of sp³-hybridized carbons (Fsp3) is 0.0333. The van der Waals surface area contributed by atoms with E-state index in [4.69, 9.17) is 4.74 Å². The molecule has 170 valence electrons. The molecule has 0 fully saturated rings. The van der Waals surface area contributed by atoms with Crippen molar-refractivity contribution in [2.24, 2.45) is 0 Å². The molecule has 0 aliphatic heterocycles. The number of ketones is 1. The standard InChI is InChI=1S/C30H22N2O3/c33-29(24-17-9-3-10-18-24)26-27(30(34)35-21-22-13-5-1-6-14-22)31-32(25-19-11-4-12-20-25)28(26)23-15-7-2-8-16-23/h1-20H,21H2. The zero-order valence-electron chi connectivity index (χ0n) is 18.9. The summed E-state index contributed by atoms with van der Waals surface area (Å²) in [6, 6.07) is 37.2. The molecule has 0 radical (unpaired) electrons. The van der Waals surface area contributed by atoms with Crippen molar-refractivity contribution in [2.75, 3.05) is 0 Å². The lowest BCUT2D eigenvalue weighted by atomic mass is 9.97. The Morgan fingerprint density at radius 3 is 1.86 bits per heavy atom. The molecule has 4 aromatic carbocycles. The zero-order valence-corrected chi connectivity index (χ0v) is 18.9. The Morgan fingerprint density at radius 2 is 1.23 bits per heavy atom. The van der Waals surface area contributed by atoms with Gasteiger partial charge in [0, 0.05) is 11.1 Å². The van der Waals surface area contributed by atoms with E-state index in [0.29, 0.717) is 11.3 Å². The van der Waals surface area contributed by atoms with E-state index in [2.05, 4.69) is 5.10 Å². The molecule has 0 spiro atoms. The summed E-state index contributed by atoms with van der Waals surface area (Å²) in [5.74, 6) is -0.946. The summed E-state index contributed by atoms with van der Waals surface area (Å²) in [6.45, 7) is 0.0809.